The molecule has 2 amide bonds. The molecule has 0 radical (unpaired) electrons. The first kappa shape index (κ1) is 16.3. The lowest BCUT2D eigenvalue weighted by Gasteiger charge is -2.32. The second-order valence-electron chi connectivity index (χ2n) is 6.41. The van der Waals surface area contributed by atoms with E-state index in [9.17, 15) is 9.59 Å². The standard InChI is InChI=1S/C16H28N2O3/c1-3-14(21-13-8-6-7-12(2)11-13)16(20)17-18-10-5-4-9-15(18)19/h12-14H,3-11H2,1-2H3,(H,17,20). The van der Waals surface area contributed by atoms with Crippen molar-refractivity contribution in [1.82, 2.24) is 10.4 Å². The summed E-state index contributed by atoms with van der Waals surface area (Å²) >= 11 is 0. The van der Waals surface area contributed by atoms with Crippen LogP contribution >= 0.6 is 0 Å². The van der Waals surface area contributed by atoms with Crippen LogP contribution in [0.3, 0.4) is 0 Å². The van der Waals surface area contributed by atoms with E-state index in [-0.39, 0.29) is 17.9 Å². The molecule has 2 aliphatic rings. The molecule has 5 heteroatoms. The van der Waals surface area contributed by atoms with Gasteiger partial charge in [0.05, 0.1) is 6.10 Å². The molecule has 3 atom stereocenters. The van der Waals surface area contributed by atoms with Gasteiger partial charge in [0.1, 0.15) is 6.10 Å². The van der Waals surface area contributed by atoms with E-state index >= 15 is 0 Å². The van der Waals surface area contributed by atoms with E-state index in [0.717, 1.165) is 25.7 Å². The first-order valence-electron chi connectivity index (χ1n) is 8.36. The number of nitrogens with zero attached hydrogens (tertiary/aromatic N) is 1. The Morgan fingerprint density at radius 2 is 2.19 bits per heavy atom. The highest BCUT2D eigenvalue weighted by molar-refractivity contribution is 5.85. The fraction of sp³-hybridized carbons (Fsp3) is 0.875. The van der Waals surface area contributed by atoms with Crippen molar-refractivity contribution in [2.45, 2.75) is 77.4 Å². The minimum atomic E-state index is -0.449. The molecule has 1 aliphatic heterocycles. The minimum absolute atomic E-state index is 0.00995. The normalized spacial score (nSPS) is 28.3. The highest BCUT2D eigenvalue weighted by Crippen LogP contribution is 2.27. The quantitative estimate of drug-likeness (QED) is 0.847. The molecule has 1 heterocycles. The van der Waals surface area contributed by atoms with Crippen LogP contribution in [-0.4, -0.2) is 35.6 Å². The van der Waals surface area contributed by atoms with Gasteiger partial charge < -0.3 is 4.74 Å². The number of carbonyl (C=O) groups is 2. The van der Waals surface area contributed by atoms with Crippen molar-refractivity contribution in [2.75, 3.05) is 6.54 Å². The van der Waals surface area contributed by atoms with Crippen LogP contribution < -0.4 is 5.43 Å². The van der Waals surface area contributed by atoms with Crippen LogP contribution in [0.15, 0.2) is 0 Å². The number of piperidine rings is 1. The van der Waals surface area contributed by atoms with Crippen LogP contribution in [0.2, 0.25) is 0 Å². The van der Waals surface area contributed by atoms with Gasteiger partial charge in [-0.3, -0.25) is 20.0 Å². The van der Waals surface area contributed by atoms with Gasteiger partial charge in [-0.1, -0.05) is 26.7 Å². The molecule has 1 N–H and O–H groups in total. The lowest BCUT2D eigenvalue weighted by atomic mass is 9.88. The third kappa shape index (κ3) is 4.70. The van der Waals surface area contributed by atoms with Crippen molar-refractivity contribution in [2.24, 2.45) is 5.92 Å². The van der Waals surface area contributed by atoms with Crippen LogP contribution in [0.1, 0.15) is 65.2 Å². The summed E-state index contributed by atoms with van der Waals surface area (Å²) in [6.45, 7) is 4.80. The van der Waals surface area contributed by atoms with E-state index in [2.05, 4.69) is 12.3 Å². The fourth-order valence-corrected chi connectivity index (χ4v) is 3.21. The molecule has 2 rings (SSSR count). The first-order chi connectivity index (χ1) is 10.1. The second-order valence-corrected chi connectivity index (χ2v) is 6.41. The topological polar surface area (TPSA) is 58.6 Å². The molecule has 2 fully saturated rings. The molecule has 120 valence electrons. The predicted octanol–water partition coefficient (Wildman–Crippen LogP) is 2.40. The van der Waals surface area contributed by atoms with E-state index in [4.69, 9.17) is 4.74 Å². The average Bonchev–Trinajstić information content (AvgIpc) is 2.47. The summed E-state index contributed by atoms with van der Waals surface area (Å²) in [5, 5.41) is 1.46. The molecule has 0 spiro atoms. The third-order valence-corrected chi connectivity index (χ3v) is 4.48. The van der Waals surface area contributed by atoms with E-state index in [1.54, 1.807) is 0 Å². The van der Waals surface area contributed by atoms with Gasteiger partial charge in [0.15, 0.2) is 0 Å². The van der Waals surface area contributed by atoms with E-state index in [1.807, 2.05) is 6.92 Å². The van der Waals surface area contributed by atoms with Gasteiger partial charge in [-0.25, -0.2) is 0 Å². The van der Waals surface area contributed by atoms with E-state index < -0.39 is 6.10 Å². The molecular formula is C16H28N2O3. The van der Waals surface area contributed by atoms with Crippen molar-refractivity contribution in [3.05, 3.63) is 0 Å². The monoisotopic (exact) mass is 296 g/mol. The summed E-state index contributed by atoms with van der Waals surface area (Å²) in [6, 6.07) is 0. The number of amides is 2. The Labute approximate surface area is 127 Å². The summed E-state index contributed by atoms with van der Waals surface area (Å²) in [5.41, 5.74) is 2.74. The molecule has 1 aliphatic carbocycles. The molecule has 3 unspecified atom stereocenters. The summed E-state index contributed by atoms with van der Waals surface area (Å²) in [5.74, 6) is 0.509. The molecule has 5 nitrogen and oxygen atoms in total. The van der Waals surface area contributed by atoms with Crippen molar-refractivity contribution in [3.8, 4) is 0 Å². The predicted molar refractivity (Wildman–Crippen MR) is 80.3 cm³/mol. The molecule has 1 saturated carbocycles. The van der Waals surface area contributed by atoms with Crippen molar-refractivity contribution in [3.63, 3.8) is 0 Å². The highest BCUT2D eigenvalue weighted by atomic mass is 16.5. The zero-order valence-corrected chi connectivity index (χ0v) is 13.3. The summed E-state index contributed by atoms with van der Waals surface area (Å²) < 4.78 is 6.00. The van der Waals surface area contributed by atoms with Crippen molar-refractivity contribution in [1.29, 1.82) is 0 Å². The molecule has 21 heavy (non-hydrogen) atoms. The average molecular weight is 296 g/mol. The number of ether oxygens (including phenoxy) is 1. The van der Waals surface area contributed by atoms with Crippen LogP contribution in [0.5, 0.6) is 0 Å². The second kappa shape index (κ2) is 7.78. The zero-order valence-electron chi connectivity index (χ0n) is 13.3. The van der Waals surface area contributed by atoms with Gasteiger partial charge in [0.2, 0.25) is 5.91 Å². The minimum Gasteiger partial charge on any atom is -0.365 e. The molecule has 0 aromatic rings. The van der Waals surface area contributed by atoms with Gasteiger partial charge >= 0.3 is 0 Å². The van der Waals surface area contributed by atoms with Crippen molar-refractivity contribution >= 4 is 11.8 Å². The van der Waals surface area contributed by atoms with Crippen LogP contribution in [-0.2, 0) is 14.3 Å². The van der Waals surface area contributed by atoms with Crippen LogP contribution in [0.4, 0.5) is 0 Å². The zero-order chi connectivity index (χ0) is 15.2. The molecule has 0 aromatic carbocycles. The van der Waals surface area contributed by atoms with Gasteiger partial charge in [-0.05, 0) is 38.0 Å². The van der Waals surface area contributed by atoms with Gasteiger partial charge in [-0.2, -0.15) is 0 Å². The number of hydrogen-bond acceptors (Lipinski definition) is 3. The van der Waals surface area contributed by atoms with Gasteiger partial charge in [-0.15, -0.1) is 0 Å². The summed E-state index contributed by atoms with van der Waals surface area (Å²) in [7, 11) is 0. The number of rotatable bonds is 5. The number of hydrazine groups is 1. The lowest BCUT2D eigenvalue weighted by molar-refractivity contribution is -0.152. The maximum atomic E-state index is 12.3. The molecule has 0 aromatic heterocycles. The molecule has 1 saturated heterocycles. The largest absolute Gasteiger partial charge is 0.365 e. The number of carbonyl (C=O) groups excluding carboxylic acids is 2. The summed E-state index contributed by atoms with van der Waals surface area (Å²) in [4.78, 5) is 24.1. The fourth-order valence-electron chi connectivity index (χ4n) is 3.21. The van der Waals surface area contributed by atoms with Gasteiger partial charge in [0.25, 0.3) is 5.91 Å². The first-order valence-corrected chi connectivity index (χ1v) is 8.36. The maximum Gasteiger partial charge on any atom is 0.267 e. The smallest absolute Gasteiger partial charge is 0.267 e. The molecular weight excluding hydrogens is 268 g/mol. The Hall–Kier alpha value is -1.10. The third-order valence-electron chi connectivity index (χ3n) is 4.48. The van der Waals surface area contributed by atoms with Crippen LogP contribution in [0, 0.1) is 5.92 Å². The van der Waals surface area contributed by atoms with Crippen LogP contribution in [0.25, 0.3) is 0 Å². The maximum absolute atomic E-state index is 12.3. The Balaban J connectivity index is 1.84. The Morgan fingerprint density at radius 1 is 1.38 bits per heavy atom. The number of hydrogen-bond donors (Lipinski definition) is 1. The van der Waals surface area contributed by atoms with E-state index in [0.29, 0.717) is 25.3 Å². The van der Waals surface area contributed by atoms with E-state index in [1.165, 1.54) is 17.9 Å². The molecule has 0 bridgehead atoms. The summed E-state index contributed by atoms with van der Waals surface area (Å²) in [6.07, 6.45) is 7.26. The Bertz CT molecular complexity index is 373. The lowest BCUT2D eigenvalue weighted by Crippen LogP contribution is -2.52. The Morgan fingerprint density at radius 3 is 2.86 bits per heavy atom. The number of nitrogens with one attached hydrogen (secondary N) is 1. The highest BCUT2D eigenvalue weighted by Gasteiger charge is 2.28. The Kier molecular flexibility index (Phi) is 6.03. The van der Waals surface area contributed by atoms with Gasteiger partial charge in [0, 0.05) is 13.0 Å². The SMILES string of the molecule is CCC(OC1CCCC(C)C1)C(=O)NN1CCCCC1=O. The van der Waals surface area contributed by atoms with Crippen molar-refractivity contribution < 1.29 is 14.3 Å².